The lowest BCUT2D eigenvalue weighted by Gasteiger charge is -2.37. The minimum atomic E-state index is -0.110. The summed E-state index contributed by atoms with van der Waals surface area (Å²) in [6.07, 6.45) is 4.07. The number of ether oxygens (including phenoxy) is 3. The summed E-state index contributed by atoms with van der Waals surface area (Å²) in [4.78, 5) is 12.6. The largest absolute Gasteiger partial charge is 0.493 e. The van der Waals surface area contributed by atoms with Gasteiger partial charge in [-0.05, 0) is 44.4 Å². The summed E-state index contributed by atoms with van der Waals surface area (Å²) in [6.45, 7) is 4.69. The van der Waals surface area contributed by atoms with E-state index in [1.165, 1.54) is 6.26 Å². The molecule has 22 heavy (non-hydrogen) atoms. The fraction of sp³-hybridized carbons (Fsp3) is 0.500. The Morgan fingerprint density at radius 2 is 2.18 bits per heavy atom. The highest BCUT2D eigenvalue weighted by Crippen LogP contribution is 2.35. The molecular weight excluding hydrogens is 280 g/mol. The molecule has 0 N–H and O–H groups in total. The first-order chi connectivity index (χ1) is 10.7. The Labute approximate surface area is 131 Å². The average molecular weight is 302 g/mol. The summed E-state index contributed by atoms with van der Waals surface area (Å²) < 4.78 is 17.1. The van der Waals surface area contributed by atoms with Crippen molar-refractivity contribution in [3.8, 4) is 5.75 Å². The third kappa shape index (κ3) is 3.17. The van der Waals surface area contributed by atoms with Gasteiger partial charge in [-0.15, -0.1) is 0 Å². The van der Waals surface area contributed by atoms with Crippen LogP contribution in [0.3, 0.4) is 0 Å². The van der Waals surface area contributed by atoms with Crippen molar-refractivity contribution in [3.63, 3.8) is 0 Å². The Morgan fingerprint density at radius 1 is 1.32 bits per heavy atom. The maximum absolute atomic E-state index is 12.6. The van der Waals surface area contributed by atoms with Crippen LogP contribution in [0.4, 0.5) is 0 Å². The van der Waals surface area contributed by atoms with Gasteiger partial charge in [0.15, 0.2) is 0 Å². The first-order valence-electron chi connectivity index (χ1n) is 7.93. The third-order valence-electron chi connectivity index (χ3n) is 4.29. The van der Waals surface area contributed by atoms with E-state index in [0.717, 1.165) is 24.8 Å². The van der Waals surface area contributed by atoms with Gasteiger partial charge >= 0.3 is 0 Å². The molecule has 1 aliphatic heterocycles. The zero-order chi connectivity index (χ0) is 15.5. The third-order valence-corrected chi connectivity index (χ3v) is 4.29. The highest BCUT2D eigenvalue weighted by molar-refractivity contribution is 5.96. The van der Waals surface area contributed by atoms with Crippen LogP contribution in [-0.2, 0) is 14.3 Å². The van der Waals surface area contributed by atoms with Crippen molar-refractivity contribution in [2.24, 2.45) is 5.92 Å². The number of Topliss-reactive ketones (excluding diaryl/α,β-unsaturated/α-hetero) is 1. The van der Waals surface area contributed by atoms with Crippen LogP contribution in [-0.4, -0.2) is 24.6 Å². The van der Waals surface area contributed by atoms with Crippen LogP contribution in [0.15, 0.2) is 36.3 Å². The number of allylic oxidation sites excluding steroid dienone is 1. The second kappa shape index (κ2) is 6.53. The van der Waals surface area contributed by atoms with Crippen molar-refractivity contribution >= 4 is 5.78 Å². The van der Waals surface area contributed by atoms with Crippen LogP contribution < -0.4 is 4.74 Å². The number of carbonyl (C=O) groups is 1. The Hall–Kier alpha value is -1.81. The van der Waals surface area contributed by atoms with Gasteiger partial charge in [0.05, 0.1) is 12.0 Å². The van der Waals surface area contributed by atoms with E-state index < -0.39 is 0 Å². The molecule has 0 aromatic heterocycles. The maximum Gasteiger partial charge on any atom is 0.207 e. The SMILES string of the molecule is CCOC1CCC2C(=O)C(Oc3cccc(C)c3)=COC2C1. The van der Waals surface area contributed by atoms with Gasteiger partial charge in [0.2, 0.25) is 11.5 Å². The number of fused-ring (bicyclic) bond motifs is 1. The average Bonchev–Trinajstić information content (AvgIpc) is 2.51. The maximum atomic E-state index is 12.6. The summed E-state index contributed by atoms with van der Waals surface area (Å²) in [5, 5.41) is 0. The molecule has 0 saturated heterocycles. The van der Waals surface area contributed by atoms with E-state index in [4.69, 9.17) is 14.2 Å². The highest BCUT2D eigenvalue weighted by atomic mass is 16.5. The molecule has 3 atom stereocenters. The molecule has 1 saturated carbocycles. The highest BCUT2D eigenvalue weighted by Gasteiger charge is 2.41. The van der Waals surface area contributed by atoms with Crippen molar-refractivity contribution < 1.29 is 19.0 Å². The number of rotatable bonds is 4. The lowest BCUT2D eigenvalue weighted by molar-refractivity contribution is -0.133. The second-order valence-corrected chi connectivity index (χ2v) is 5.94. The van der Waals surface area contributed by atoms with Crippen LogP contribution in [0.25, 0.3) is 0 Å². The quantitative estimate of drug-likeness (QED) is 0.855. The van der Waals surface area contributed by atoms with Gasteiger partial charge in [0.1, 0.15) is 18.1 Å². The lowest BCUT2D eigenvalue weighted by atomic mass is 9.80. The molecule has 3 unspecified atom stereocenters. The molecular formula is C18H22O4. The smallest absolute Gasteiger partial charge is 0.207 e. The van der Waals surface area contributed by atoms with Crippen molar-refractivity contribution in [1.29, 1.82) is 0 Å². The van der Waals surface area contributed by atoms with Gasteiger partial charge in [-0.1, -0.05) is 12.1 Å². The van der Waals surface area contributed by atoms with Crippen molar-refractivity contribution in [3.05, 3.63) is 41.9 Å². The van der Waals surface area contributed by atoms with Gasteiger partial charge in [-0.3, -0.25) is 4.79 Å². The molecule has 3 rings (SSSR count). The summed E-state index contributed by atoms with van der Waals surface area (Å²) in [6, 6.07) is 7.66. The van der Waals surface area contributed by atoms with Crippen molar-refractivity contribution in [1.82, 2.24) is 0 Å². The predicted molar refractivity (Wildman–Crippen MR) is 82.5 cm³/mol. The molecule has 1 aliphatic carbocycles. The zero-order valence-electron chi connectivity index (χ0n) is 13.1. The molecule has 118 valence electrons. The Bertz CT molecular complexity index is 578. The molecule has 2 aliphatic rings. The predicted octanol–water partition coefficient (Wildman–Crippen LogP) is 3.39. The van der Waals surface area contributed by atoms with E-state index in [2.05, 4.69) is 0 Å². The van der Waals surface area contributed by atoms with E-state index in [0.29, 0.717) is 18.1 Å². The van der Waals surface area contributed by atoms with Crippen molar-refractivity contribution in [2.75, 3.05) is 6.61 Å². The van der Waals surface area contributed by atoms with Crippen LogP contribution in [0, 0.1) is 12.8 Å². The van der Waals surface area contributed by atoms with Crippen molar-refractivity contribution in [2.45, 2.75) is 45.3 Å². The fourth-order valence-electron chi connectivity index (χ4n) is 3.20. The molecule has 4 nitrogen and oxygen atoms in total. The summed E-state index contributed by atoms with van der Waals surface area (Å²) in [5.41, 5.74) is 1.09. The van der Waals surface area contributed by atoms with E-state index in [9.17, 15) is 4.79 Å². The van der Waals surface area contributed by atoms with Gasteiger partial charge in [-0.2, -0.15) is 0 Å². The lowest BCUT2D eigenvalue weighted by Crippen LogP contribution is -2.42. The summed E-state index contributed by atoms with van der Waals surface area (Å²) in [7, 11) is 0. The van der Waals surface area contributed by atoms with E-state index in [-0.39, 0.29) is 23.9 Å². The molecule has 0 spiro atoms. The Kier molecular flexibility index (Phi) is 4.48. The summed E-state index contributed by atoms with van der Waals surface area (Å²) >= 11 is 0. The first-order valence-corrected chi connectivity index (χ1v) is 7.93. The zero-order valence-corrected chi connectivity index (χ0v) is 13.1. The first kappa shape index (κ1) is 15.1. The van der Waals surface area contributed by atoms with Gasteiger partial charge < -0.3 is 14.2 Å². The van der Waals surface area contributed by atoms with Crippen LogP contribution >= 0.6 is 0 Å². The standard InChI is InChI=1S/C18H22O4/c1-3-20-13-7-8-15-16(10-13)21-11-17(18(15)19)22-14-6-4-5-12(2)9-14/h4-6,9,11,13,15-16H,3,7-8,10H2,1-2H3. The normalized spacial score (nSPS) is 27.6. The molecule has 1 aromatic rings. The van der Waals surface area contributed by atoms with E-state index >= 15 is 0 Å². The number of benzene rings is 1. The van der Waals surface area contributed by atoms with Gasteiger partial charge in [-0.25, -0.2) is 0 Å². The number of ketones is 1. The number of carbonyl (C=O) groups excluding carboxylic acids is 1. The molecule has 1 fully saturated rings. The van der Waals surface area contributed by atoms with Crippen LogP contribution in [0.5, 0.6) is 5.75 Å². The minimum absolute atomic E-state index is 0.0488. The fourth-order valence-corrected chi connectivity index (χ4v) is 3.20. The number of hydrogen-bond donors (Lipinski definition) is 0. The Morgan fingerprint density at radius 3 is 2.95 bits per heavy atom. The molecule has 4 heteroatoms. The van der Waals surface area contributed by atoms with E-state index in [1.54, 1.807) is 0 Å². The molecule has 0 amide bonds. The molecule has 1 aromatic carbocycles. The van der Waals surface area contributed by atoms with Gasteiger partial charge in [0, 0.05) is 13.0 Å². The molecule has 0 bridgehead atoms. The topological polar surface area (TPSA) is 44.8 Å². The van der Waals surface area contributed by atoms with Crippen LogP contribution in [0.1, 0.15) is 31.7 Å². The second-order valence-electron chi connectivity index (χ2n) is 5.94. The minimum Gasteiger partial charge on any atom is -0.493 e. The Balaban J connectivity index is 1.69. The number of hydrogen-bond acceptors (Lipinski definition) is 4. The molecule has 0 radical (unpaired) electrons. The number of aryl methyl sites for hydroxylation is 1. The van der Waals surface area contributed by atoms with Gasteiger partial charge in [0.25, 0.3) is 0 Å². The molecule has 1 heterocycles. The van der Waals surface area contributed by atoms with E-state index in [1.807, 2.05) is 38.1 Å². The monoisotopic (exact) mass is 302 g/mol. The summed E-state index contributed by atoms with van der Waals surface area (Å²) in [5.74, 6) is 0.917. The van der Waals surface area contributed by atoms with Crippen LogP contribution in [0.2, 0.25) is 0 Å².